The number of likely N-dealkylation sites (tertiary alicyclic amines) is 1. The number of benzene rings is 1. The molecule has 2 aliphatic heterocycles. The van der Waals surface area contributed by atoms with Crippen molar-refractivity contribution < 1.29 is 9.90 Å². The number of amides is 1. The number of hydrogen-bond acceptors (Lipinski definition) is 5. The molecule has 4 heterocycles. The SMILES string of the molecule is O=C(c1cc(-c2ccc(O)cc2)nc2[nH]ncc12)N1CCC2(CCCNC2)C1. The van der Waals surface area contributed by atoms with Crippen LogP contribution in [0, 0.1) is 5.41 Å². The maximum absolute atomic E-state index is 13.4. The van der Waals surface area contributed by atoms with Gasteiger partial charge < -0.3 is 15.3 Å². The zero-order valence-electron chi connectivity index (χ0n) is 15.6. The van der Waals surface area contributed by atoms with E-state index in [0.29, 0.717) is 16.9 Å². The topological polar surface area (TPSA) is 94.1 Å². The molecule has 1 unspecified atom stereocenters. The normalized spacial score (nSPS) is 22.2. The average Bonchev–Trinajstić information content (AvgIpc) is 3.35. The zero-order valence-corrected chi connectivity index (χ0v) is 15.6. The van der Waals surface area contributed by atoms with Crippen LogP contribution in [-0.4, -0.2) is 57.3 Å². The van der Waals surface area contributed by atoms with Crippen molar-refractivity contribution >= 4 is 16.9 Å². The quantitative estimate of drug-likeness (QED) is 0.638. The van der Waals surface area contributed by atoms with Crippen LogP contribution in [0.15, 0.2) is 36.5 Å². The molecule has 0 radical (unpaired) electrons. The lowest BCUT2D eigenvalue weighted by molar-refractivity contribution is 0.0766. The van der Waals surface area contributed by atoms with Crippen LogP contribution in [0.4, 0.5) is 0 Å². The van der Waals surface area contributed by atoms with Crippen LogP contribution in [0.25, 0.3) is 22.3 Å². The smallest absolute Gasteiger partial charge is 0.254 e. The van der Waals surface area contributed by atoms with Crippen LogP contribution in [0.5, 0.6) is 5.75 Å². The molecular formula is C21H23N5O2. The molecule has 3 N–H and O–H groups in total. The maximum Gasteiger partial charge on any atom is 0.254 e. The van der Waals surface area contributed by atoms with Gasteiger partial charge in [-0.1, -0.05) is 0 Å². The van der Waals surface area contributed by atoms with Crippen molar-refractivity contribution in [3.63, 3.8) is 0 Å². The maximum atomic E-state index is 13.4. The number of nitrogens with zero attached hydrogens (tertiary/aromatic N) is 3. The standard InChI is InChI=1S/C21H23N5O2/c27-15-4-2-14(3-5-15)18-10-16(17-11-23-25-19(17)24-18)20(28)26-9-7-21(13-26)6-1-8-22-12-21/h2-5,10-11,22,27H,1,6-9,12-13H2,(H,23,24,25). The minimum atomic E-state index is 0.0382. The van der Waals surface area contributed by atoms with E-state index in [0.717, 1.165) is 43.5 Å². The number of carbonyl (C=O) groups is 1. The number of H-pyrrole nitrogens is 1. The molecular weight excluding hydrogens is 354 g/mol. The first-order chi connectivity index (χ1) is 13.6. The molecule has 1 spiro atoms. The van der Waals surface area contributed by atoms with Gasteiger partial charge in [0.05, 0.1) is 22.8 Å². The Balaban J connectivity index is 1.50. The van der Waals surface area contributed by atoms with Gasteiger partial charge in [-0.3, -0.25) is 9.89 Å². The van der Waals surface area contributed by atoms with Crippen molar-refractivity contribution in [1.82, 2.24) is 25.4 Å². The van der Waals surface area contributed by atoms with E-state index in [-0.39, 0.29) is 17.1 Å². The first kappa shape index (κ1) is 17.2. The number of phenolic OH excluding ortho intramolecular Hbond substituents is 1. The van der Waals surface area contributed by atoms with Gasteiger partial charge in [0, 0.05) is 30.6 Å². The number of carbonyl (C=O) groups excluding carboxylic acids is 1. The number of aromatic amines is 1. The van der Waals surface area contributed by atoms with Crippen molar-refractivity contribution in [3.05, 3.63) is 42.1 Å². The predicted octanol–water partition coefficient (Wildman–Crippen LogP) is 2.55. The lowest BCUT2D eigenvalue weighted by atomic mass is 9.80. The summed E-state index contributed by atoms with van der Waals surface area (Å²) in [6.45, 7) is 3.66. The Morgan fingerprint density at radius 2 is 2.07 bits per heavy atom. The molecule has 1 amide bonds. The number of rotatable bonds is 2. The fourth-order valence-corrected chi connectivity index (χ4v) is 4.54. The summed E-state index contributed by atoms with van der Waals surface area (Å²) < 4.78 is 0. The van der Waals surface area contributed by atoms with Crippen molar-refractivity contribution in [2.24, 2.45) is 5.41 Å². The van der Waals surface area contributed by atoms with E-state index in [4.69, 9.17) is 0 Å². The molecule has 0 aliphatic carbocycles. The number of piperidine rings is 1. The van der Waals surface area contributed by atoms with Crippen LogP contribution in [-0.2, 0) is 0 Å². The monoisotopic (exact) mass is 377 g/mol. The Morgan fingerprint density at radius 3 is 2.86 bits per heavy atom. The van der Waals surface area contributed by atoms with Gasteiger partial charge in [-0.15, -0.1) is 0 Å². The van der Waals surface area contributed by atoms with Gasteiger partial charge in [0.2, 0.25) is 0 Å². The highest BCUT2D eigenvalue weighted by Gasteiger charge is 2.41. The highest BCUT2D eigenvalue weighted by Crippen LogP contribution is 2.37. The molecule has 2 saturated heterocycles. The van der Waals surface area contributed by atoms with E-state index in [1.54, 1.807) is 30.5 Å². The van der Waals surface area contributed by atoms with Gasteiger partial charge >= 0.3 is 0 Å². The van der Waals surface area contributed by atoms with Crippen LogP contribution in [0.1, 0.15) is 29.6 Å². The molecule has 0 saturated carbocycles. The second-order valence-corrected chi connectivity index (χ2v) is 7.99. The van der Waals surface area contributed by atoms with Gasteiger partial charge in [-0.25, -0.2) is 4.98 Å². The lowest BCUT2D eigenvalue weighted by Gasteiger charge is -2.33. The highest BCUT2D eigenvalue weighted by atomic mass is 16.3. The highest BCUT2D eigenvalue weighted by molar-refractivity contribution is 6.06. The summed E-state index contributed by atoms with van der Waals surface area (Å²) >= 11 is 0. The summed E-state index contributed by atoms with van der Waals surface area (Å²) in [6, 6.07) is 8.68. The number of pyridine rings is 1. The van der Waals surface area contributed by atoms with Crippen molar-refractivity contribution in [2.75, 3.05) is 26.2 Å². The molecule has 1 atom stereocenters. The van der Waals surface area contributed by atoms with E-state index < -0.39 is 0 Å². The fraction of sp³-hybridized carbons (Fsp3) is 0.381. The van der Waals surface area contributed by atoms with Crippen molar-refractivity contribution in [3.8, 4) is 17.0 Å². The first-order valence-corrected chi connectivity index (χ1v) is 9.77. The Hall–Kier alpha value is -2.93. The first-order valence-electron chi connectivity index (χ1n) is 9.77. The second-order valence-electron chi connectivity index (χ2n) is 7.99. The third-order valence-electron chi connectivity index (χ3n) is 6.10. The lowest BCUT2D eigenvalue weighted by Crippen LogP contribution is -2.42. The fourth-order valence-electron chi connectivity index (χ4n) is 4.54. The molecule has 144 valence electrons. The summed E-state index contributed by atoms with van der Waals surface area (Å²) in [5, 5.41) is 20.8. The molecule has 2 fully saturated rings. The van der Waals surface area contributed by atoms with Crippen LogP contribution < -0.4 is 5.32 Å². The summed E-state index contributed by atoms with van der Waals surface area (Å²) in [5.74, 6) is 0.238. The minimum absolute atomic E-state index is 0.0382. The second kappa shape index (κ2) is 6.60. The Morgan fingerprint density at radius 1 is 1.21 bits per heavy atom. The van der Waals surface area contributed by atoms with E-state index >= 15 is 0 Å². The molecule has 2 aliphatic rings. The Labute approximate surface area is 162 Å². The summed E-state index contributed by atoms with van der Waals surface area (Å²) in [6.07, 6.45) is 5.08. The van der Waals surface area contributed by atoms with Gasteiger partial charge in [0.15, 0.2) is 5.65 Å². The van der Waals surface area contributed by atoms with Gasteiger partial charge in [0.1, 0.15) is 5.75 Å². The summed E-state index contributed by atoms with van der Waals surface area (Å²) in [7, 11) is 0. The van der Waals surface area contributed by atoms with E-state index in [9.17, 15) is 9.90 Å². The molecule has 0 bridgehead atoms. The molecule has 7 heteroatoms. The van der Waals surface area contributed by atoms with Gasteiger partial charge in [-0.05, 0) is 56.1 Å². The molecule has 28 heavy (non-hydrogen) atoms. The number of aromatic hydroxyl groups is 1. The molecule has 3 aromatic rings. The summed E-state index contributed by atoms with van der Waals surface area (Å²) in [5.41, 5.74) is 2.98. The van der Waals surface area contributed by atoms with Crippen molar-refractivity contribution in [2.45, 2.75) is 19.3 Å². The van der Waals surface area contributed by atoms with Gasteiger partial charge in [-0.2, -0.15) is 5.10 Å². The third kappa shape index (κ3) is 2.92. The zero-order chi connectivity index (χ0) is 19.1. The predicted molar refractivity (Wildman–Crippen MR) is 106 cm³/mol. The van der Waals surface area contributed by atoms with Crippen LogP contribution in [0.3, 0.4) is 0 Å². The largest absolute Gasteiger partial charge is 0.508 e. The third-order valence-corrected chi connectivity index (χ3v) is 6.10. The average molecular weight is 377 g/mol. The molecule has 7 nitrogen and oxygen atoms in total. The van der Waals surface area contributed by atoms with Crippen LogP contribution in [0.2, 0.25) is 0 Å². The minimum Gasteiger partial charge on any atom is -0.508 e. The van der Waals surface area contributed by atoms with E-state index in [1.807, 2.05) is 11.0 Å². The van der Waals surface area contributed by atoms with E-state index in [2.05, 4.69) is 20.5 Å². The van der Waals surface area contributed by atoms with Gasteiger partial charge in [0.25, 0.3) is 5.91 Å². The molecule has 2 aromatic heterocycles. The number of fused-ring (bicyclic) bond motifs is 1. The van der Waals surface area contributed by atoms with Crippen molar-refractivity contribution in [1.29, 1.82) is 0 Å². The number of hydrogen-bond donors (Lipinski definition) is 3. The summed E-state index contributed by atoms with van der Waals surface area (Å²) in [4.78, 5) is 20.0. The molecule has 1 aromatic carbocycles. The number of aromatic nitrogens is 3. The molecule has 5 rings (SSSR count). The number of nitrogens with one attached hydrogen (secondary N) is 2. The van der Waals surface area contributed by atoms with Crippen LogP contribution >= 0.6 is 0 Å². The Bertz CT molecular complexity index is 1020. The van der Waals surface area contributed by atoms with E-state index in [1.165, 1.54) is 12.8 Å². The number of phenols is 1. The Kier molecular flexibility index (Phi) is 4.05.